The van der Waals surface area contributed by atoms with Crippen LogP contribution in [0.1, 0.15) is 63.6 Å². The summed E-state index contributed by atoms with van der Waals surface area (Å²) in [6.45, 7) is 10.7. The largest absolute Gasteiger partial charge is 0.467 e. The van der Waals surface area contributed by atoms with Gasteiger partial charge in [0, 0.05) is 12.6 Å². The molecule has 1 aliphatic heterocycles. The number of carbonyl (C=O) groups excluding carboxylic acids is 2. The summed E-state index contributed by atoms with van der Waals surface area (Å²) < 4.78 is 10.6. The van der Waals surface area contributed by atoms with Crippen molar-refractivity contribution in [1.29, 1.82) is 0 Å². The first-order chi connectivity index (χ1) is 11.2. The minimum absolute atomic E-state index is 0.00142. The number of ether oxygens (including phenoxy) is 1. The number of hydrogen-bond acceptors (Lipinski definition) is 4. The third kappa shape index (κ3) is 4.52. The summed E-state index contributed by atoms with van der Waals surface area (Å²) in [4.78, 5) is 26.2. The average molecular weight is 336 g/mol. The number of rotatable bonds is 4. The molecule has 0 bridgehead atoms. The second kappa shape index (κ2) is 7.28. The molecule has 6 heteroatoms. The zero-order valence-electron chi connectivity index (χ0n) is 15.2. The molecule has 134 valence electrons. The number of alkyl carbamates (subject to hydrolysis) is 1. The van der Waals surface area contributed by atoms with E-state index in [4.69, 9.17) is 9.15 Å². The molecule has 2 atom stereocenters. The molecule has 1 N–H and O–H groups in total. The summed E-state index contributed by atoms with van der Waals surface area (Å²) in [6.07, 6.45) is 2.95. The third-order valence-electron chi connectivity index (χ3n) is 4.27. The molecule has 1 aliphatic rings. The Kier molecular flexibility index (Phi) is 5.57. The van der Waals surface area contributed by atoms with E-state index in [9.17, 15) is 9.59 Å². The summed E-state index contributed by atoms with van der Waals surface area (Å²) in [6, 6.07) is 1.98. The molecule has 1 saturated heterocycles. The molecule has 0 radical (unpaired) electrons. The fourth-order valence-electron chi connectivity index (χ4n) is 3.11. The number of amides is 2. The van der Waals surface area contributed by atoms with E-state index in [1.807, 2.05) is 4.90 Å². The fraction of sp³-hybridized carbons (Fsp3) is 0.667. The zero-order valence-corrected chi connectivity index (χ0v) is 15.2. The maximum atomic E-state index is 12.7. The van der Waals surface area contributed by atoms with Crippen LogP contribution in [0.5, 0.6) is 0 Å². The Balaban J connectivity index is 1.93. The summed E-state index contributed by atoms with van der Waals surface area (Å²) in [7, 11) is 0. The van der Waals surface area contributed by atoms with Crippen molar-refractivity contribution in [2.45, 2.75) is 65.6 Å². The molecule has 1 aromatic heterocycles. The van der Waals surface area contributed by atoms with Gasteiger partial charge in [-0.25, -0.2) is 4.79 Å². The highest BCUT2D eigenvalue weighted by atomic mass is 16.6. The molecule has 24 heavy (non-hydrogen) atoms. The van der Waals surface area contributed by atoms with Crippen molar-refractivity contribution in [3.05, 3.63) is 23.7 Å². The van der Waals surface area contributed by atoms with Gasteiger partial charge < -0.3 is 19.4 Å². The van der Waals surface area contributed by atoms with E-state index >= 15 is 0 Å². The van der Waals surface area contributed by atoms with Gasteiger partial charge >= 0.3 is 6.09 Å². The van der Waals surface area contributed by atoms with Gasteiger partial charge in [-0.05, 0) is 45.6 Å². The van der Waals surface area contributed by atoms with Crippen molar-refractivity contribution in [2.24, 2.45) is 5.92 Å². The Morgan fingerprint density at radius 2 is 2.12 bits per heavy atom. The van der Waals surface area contributed by atoms with Crippen molar-refractivity contribution < 1.29 is 18.7 Å². The minimum Gasteiger partial charge on any atom is -0.467 e. The molecule has 6 nitrogen and oxygen atoms in total. The Hall–Kier alpha value is -1.98. The monoisotopic (exact) mass is 336 g/mol. The lowest BCUT2D eigenvalue weighted by atomic mass is 10.0. The van der Waals surface area contributed by atoms with Gasteiger partial charge in [0.25, 0.3) is 5.91 Å². The first-order valence-electron chi connectivity index (χ1n) is 8.56. The Morgan fingerprint density at radius 3 is 2.75 bits per heavy atom. The average Bonchev–Trinajstić information content (AvgIpc) is 3.09. The Morgan fingerprint density at radius 1 is 1.42 bits per heavy atom. The number of furan rings is 1. The number of nitrogens with one attached hydrogen (secondary N) is 1. The van der Waals surface area contributed by atoms with Crippen LogP contribution in [0.25, 0.3) is 0 Å². The van der Waals surface area contributed by atoms with Crippen LogP contribution < -0.4 is 5.32 Å². The van der Waals surface area contributed by atoms with E-state index in [1.54, 1.807) is 26.8 Å². The van der Waals surface area contributed by atoms with Gasteiger partial charge in [0.2, 0.25) is 0 Å². The van der Waals surface area contributed by atoms with Gasteiger partial charge in [-0.3, -0.25) is 4.79 Å². The van der Waals surface area contributed by atoms with Gasteiger partial charge in [0.1, 0.15) is 17.6 Å². The zero-order chi connectivity index (χ0) is 17.9. The SMILES string of the molecule is CC[C@H]1[C@@H](C)CCN1C(=O)c1coc(CNC(=O)OC(C)(C)C)c1. The summed E-state index contributed by atoms with van der Waals surface area (Å²) >= 11 is 0. The van der Waals surface area contributed by atoms with Crippen molar-refractivity contribution in [2.75, 3.05) is 6.54 Å². The highest BCUT2D eigenvalue weighted by molar-refractivity contribution is 5.94. The van der Waals surface area contributed by atoms with Crippen molar-refractivity contribution in [3.63, 3.8) is 0 Å². The molecule has 2 rings (SSSR count). The van der Waals surface area contributed by atoms with E-state index in [2.05, 4.69) is 19.2 Å². The molecule has 0 aliphatic carbocycles. The lowest BCUT2D eigenvalue weighted by molar-refractivity contribution is 0.0519. The van der Waals surface area contributed by atoms with Crippen molar-refractivity contribution in [3.8, 4) is 0 Å². The predicted octanol–water partition coefficient (Wildman–Crippen LogP) is 3.56. The highest BCUT2D eigenvalue weighted by Gasteiger charge is 2.34. The van der Waals surface area contributed by atoms with Gasteiger partial charge in [0.05, 0.1) is 12.1 Å². The molecule has 1 fully saturated rings. The van der Waals surface area contributed by atoms with Gasteiger partial charge in [-0.2, -0.15) is 0 Å². The lowest BCUT2D eigenvalue weighted by Gasteiger charge is -2.25. The predicted molar refractivity (Wildman–Crippen MR) is 90.7 cm³/mol. The van der Waals surface area contributed by atoms with Gasteiger partial charge in [0.15, 0.2) is 0 Å². The topological polar surface area (TPSA) is 71.8 Å². The first-order valence-corrected chi connectivity index (χ1v) is 8.56. The molecular weight excluding hydrogens is 308 g/mol. The minimum atomic E-state index is -0.546. The first kappa shape index (κ1) is 18.4. The molecule has 0 aromatic carbocycles. The smallest absolute Gasteiger partial charge is 0.408 e. The molecular formula is C18H28N2O4. The molecule has 2 heterocycles. The van der Waals surface area contributed by atoms with E-state index in [0.717, 1.165) is 19.4 Å². The maximum absolute atomic E-state index is 12.7. The second-order valence-corrected chi connectivity index (χ2v) is 7.40. The van der Waals surface area contributed by atoms with Crippen molar-refractivity contribution >= 4 is 12.0 Å². The highest BCUT2D eigenvalue weighted by Crippen LogP contribution is 2.28. The van der Waals surface area contributed by atoms with Crippen LogP contribution in [-0.4, -0.2) is 35.1 Å². The molecule has 1 aromatic rings. The fourth-order valence-corrected chi connectivity index (χ4v) is 3.11. The van der Waals surface area contributed by atoms with E-state index in [-0.39, 0.29) is 18.5 Å². The number of likely N-dealkylation sites (tertiary alicyclic amines) is 1. The molecule has 0 spiro atoms. The van der Waals surface area contributed by atoms with Crippen molar-refractivity contribution in [1.82, 2.24) is 10.2 Å². The van der Waals surface area contributed by atoms with Crippen LogP contribution in [0.3, 0.4) is 0 Å². The third-order valence-corrected chi connectivity index (χ3v) is 4.27. The van der Waals surface area contributed by atoms with Crippen LogP contribution in [0.2, 0.25) is 0 Å². The normalized spacial score (nSPS) is 21.0. The van der Waals surface area contributed by atoms with Crippen LogP contribution >= 0.6 is 0 Å². The molecule has 2 amide bonds. The van der Waals surface area contributed by atoms with E-state index in [0.29, 0.717) is 17.2 Å². The lowest BCUT2D eigenvalue weighted by Crippen LogP contribution is -2.36. The van der Waals surface area contributed by atoms with Gasteiger partial charge in [-0.15, -0.1) is 0 Å². The van der Waals surface area contributed by atoms with Crippen LogP contribution in [0.15, 0.2) is 16.7 Å². The summed E-state index contributed by atoms with van der Waals surface area (Å²) in [5, 5.41) is 2.62. The number of nitrogens with zero attached hydrogens (tertiary/aromatic N) is 1. The molecule has 0 unspecified atom stereocenters. The summed E-state index contributed by atoms with van der Waals surface area (Å²) in [5.74, 6) is 1.06. The number of carbonyl (C=O) groups is 2. The quantitative estimate of drug-likeness (QED) is 0.912. The number of hydrogen-bond donors (Lipinski definition) is 1. The van der Waals surface area contributed by atoms with Crippen LogP contribution in [-0.2, 0) is 11.3 Å². The molecule has 0 saturated carbocycles. The Bertz CT molecular complexity index is 588. The van der Waals surface area contributed by atoms with Gasteiger partial charge in [-0.1, -0.05) is 13.8 Å². The standard InChI is InChI=1S/C18H28N2O4/c1-6-15-12(2)7-8-20(15)16(21)13-9-14(23-11-13)10-19-17(22)24-18(3,4)5/h9,11-12,15H,6-8,10H2,1-5H3,(H,19,22)/t12-,15-/m0/s1. The Labute approximate surface area is 143 Å². The summed E-state index contributed by atoms with van der Waals surface area (Å²) in [5.41, 5.74) is -0.0146. The van der Waals surface area contributed by atoms with E-state index < -0.39 is 11.7 Å². The van der Waals surface area contributed by atoms with E-state index in [1.165, 1.54) is 6.26 Å². The van der Waals surface area contributed by atoms with Crippen LogP contribution in [0, 0.1) is 5.92 Å². The maximum Gasteiger partial charge on any atom is 0.408 e. The second-order valence-electron chi connectivity index (χ2n) is 7.40. The van der Waals surface area contributed by atoms with Crippen LogP contribution in [0.4, 0.5) is 4.79 Å².